The number of phenolic OH excluding ortho intramolecular Hbond substituents is 1. The molecule has 23 heavy (non-hydrogen) atoms. The van der Waals surface area contributed by atoms with Crippen LogP contribution in [0.5, 0.6) is 5.75 Å². The van der Waals surface area contributed by atoms with Crippen molar-refractivity contribution < 1.29 is 19.5 Å². The number of aliphatic hydroxyl groups excluding tert-OH is 1. The fraction of sp³-hybridized carbons (Fsp3) is 0.500. The SMILES string of the molecule is CCc1cc2c(C[NH+]3CCC[C@H](CO)C3)cc(=O)oc2cc1O. The minimum atomic E-state index is -0.383. The second-order valence-corrected chi connectivity index (χ2v) is 6.49. The molecular formula is C18H24NO4+. The molecule has 0 spiro atoms. The molecule has 3 N–H and O–H groups in total. The Morgan fingerprint density at radius 3 is 2.87 bits per heavy atom. The lowest BCUT2D eigenvalue weighted by Gasteiger charge is -2.29. The van der Waals surface area contributed by atoms with Crippen LogP contribution in [-0.2, 0) is 13.0 Å². The van der Waals surface area contributed by atoms with E-state index < -0.39 is 0 Å². The van der Waals surface area contributed by atoms with Crippen LogP contribution >= 0.6 is 0 Å². The number of likely N-dealkylation sites (tertiary alicyclic amines) is 1. The molecule has 1 aliphatic heterocycles. The van der Waals surface area contributed by atoms with Crippen molar-refractivity contribution in [3.8, 4) is 5.75 Å². The van der Waals surface area contributed by atoms with Crippen LogP contribution in [0.4, 0.5) is 0 Å². The molecule has 0 radical (unpaired) electrons. The molecule has 2 aromatic rings. The van der Waals surface area contributed by atoms with Crippen LogP contribution in [-0.4, -0.2) is 29.9 Å². The first-order valence-electron chi connectivity index (χ1n) is 8.33. The number of phenols is 1. The van der Waals surface area contributed by atoms with E-state index in [0.717, 1.165) is 55.4 Å². The van der Waals surface area contributed by atoms with Gasteiger partial charge in [0.05, 0.1) is 19.7 Å². The summed E-state index contributed by atoms with van der Waals surface area (Å²) in [6, 6.07) is 5.03. The molecule has 1 fully saturated rings. The molecular weight excluding hydrogens is 294 g/mol. The third kappa shape index (κ3) is 3.41. The van der Waals surface area contributed by atoms with Crippen molar-refractivity contribution in [1.29, 1.82) is 0 Å². The van der Waals surface area contributed by atoms with Crippen molar-refractivity contribution >= 4 is 11.0 Å². The molecule has 1 aromatic heterocycles. The van der Waals surface area contributed by atoms with E-state index in [1.54, 1.807) is 12.1 Å². The minimum absolute atomic E-state index is 0.172. The highest BCUT2D eigenvalue weighted by molar-refractivity contribution is 5.82. The second kappa shape index (κ2) is 6.72. The van der Waals surface area contributed by atoms with Gasteiger partial charge in [-0.05, 0) is 30.9 Å². The highest BCUT2D eigenvalue weighted by Gasteiger charge is 2.23. The van der Waals surface area contributed by atoms with Gasteiger partial charge in [0.25, 0.3) is 0 Å². The second-order valence-electron chi connectivity index (χ2n) is 6.49. The fourth-order valence-corrected chi connectivity index (χ4v) is 3.58. The molecule has 1 saturated heterocycles. The number of aliphatic hydroxyl groups is 1. The maximum atomic E-state index is 11.8. The third-order valence-corrected chi connectivity index (χ3v) is 4.83. The number of hydrogen-bond acceptors (Lipinski definition) is 4. The summed E-state index contributed by atoms with van der Waals surface area (Å²) < 4.78 is 5.25. The van der Waals surface area contributed by atoms with Crippen molar-refractivity contribution in [2.24, 2.45) is 5.92 Å². The number of benzene rings is 1. The normalized spacial score (nSPS) is 21.7. The Bertz CT molecular complexity index is 753. The Balaban J connectivity index is 1.97. The lowest BCUT2D eigenvalue weighted by molar-refractivity contribution is -0.922. The van der Waals surface area contributed by atoms with E-state index in [4.69, 9.17) is 4.42 Å². The third-order valence-electron chi connectivity index (χ3n) is 4.83. The van der Waals surface area contributed by atoms with Gasteiger partial charge in [-0.2, -0.15) is 0 Å². The molecule has 1 unspecified atom stereocenters. The lowest BCUT2D eigenvalue weighted by atomic mass is 9.98. The zero-order chi connectivity index (χ0) is 16.4. The molecule has 0 saturated carbocycles. The molecule has 5 heteroatoms. The van der Waals surface area contributed by atoms with E-state index in [9.17, 15) is 15.0 Å². The van der Waals surface area contributed by atoms with Crippen LogP contribution in [0.25, 0.3) is 11.0 Å². The van der Waals surface area contributed by atoms with Crippen LogP contribution in [0.1, 0.15) is 30.9 Å². The quantitative estimate of drug-likeness (QED) is 0.731. The number of rotatable bonds is 4. The summed E-state index contributed by atoms with van der Waals surface area (Å²) in [5.74, 6) is 0.520. The number of quaternary nitrogens is 1. The number of piperidine rings is 1. The lowest BCUT2D eigenvalue weighted by Crippen LogP contribution is -3.12. The highest BCUT2D eigenvalue weighted by atomic mass is 16.4. The maximum absolute atomic E-state index is 11.8. The van der Waals surface area contributed by atoms with E-state index in [2.05, 4.69) is 0 Å². The first-order valence-corrected chi connectivity index (χ1v) is 8.33. The zero-order valence-electron chi connectivity index (χ0n) is 13.5. The van der Waals surface area contributed by atoms with Crippen LogP contribution in [0.15, 0.2) is 27.4 Å². The Morgan fingerprint density at radius 2 is 2.13 bits per heavy atom. The van der Waals surface area contributed by atoms with Gasteiger partial charge in [-0.15, -0.1) is 0 Å². The summed E-state index contributed by atoms with van der Waals surface area (Å²) in [4.78, 5) is 13.2. The number of nitrogens with one attached hydrogen (secondary N) is 1. The summed E-state index contributed by atoms with van der Waals surface area (Å²) in [7, 11) is 0. The van der Waals surface area contributed by atoms with E-state index >= 15 is 0 Å². The Labute approximate surface area is 135 Å². The van der Waals surface area contributed by atoms with Crippen molar-refractivity contribution in [1.82, 2.24) is 0 Å². The van der Waals surface area contributed by atoms with Gasteiger partial charge in [0.15, 0.2) is 0 Å². The molecule has 0 amide bonds. The number of aryl methyl sites for hydroxylation is 1. The van der Waals surface area contributed by atoms with Gasteiger partial charge in [0, 0.05) is 29.0 Å². The summed E-state index contributed by atoms with van der Waals surface area (Å²) in [5.41, 5.74) is 1.87. The van der Waals surface area contributed by atoms with E-state index in [0.29, 0.717) is 11.5 Å². The van der Waals surface area contributed by atoms with Gasteiger partial charge in [-0.25, -0.2) is 4.79 Å². The summed E-state index contributed by atoms with van der Waals surface area (Å²) in [5, 5.41) is 20.3. The van der Waals surface area contributed by atoms with Gasteiger partial charge in [-0.1, -0.05) is 6.92 Å². The average molecular weight is 318 g/mol. The largest absolute Gasteiger partial charge is 0.508 e. The Morgan fingerprint density at radius 1 is 1.30 bits per heavy atom. The maximum Gasteiger partial charge on any atom is 0.336 e. The smallest absolute Gasteiger partial charge is 0.336 e. The number of aromatic hydroxyl groups is 1. The fourth-order valence-electron chi connectivity index (χ4n) is 3.58. The molecule has 1 aromatic carbocycles. The minimum Gasteiger partial charge on any atom is -0.508 e. The van der Waals surface area contributed by atoms with E-state index in [-0.39, 0.29) is 18.0 Å². The van der Waals surface area contributed by atoms with Crippen LogP contribution in [0.3, 0.4) is 0 Å². The molecule has 2 atom stereocenters. The van der Waals surface area contributed by atoms with E-state index in [1.165, 1.54) is 4.90 Å². The molecule has 1 aliphatic rings. The summed E-state index contributed by atoms with van der Waals surface area (Å²) in [6.07, 6.45) is 2.90. The van der Waals surface area contributed by atoms with Crippen LogP contribution in [0.2, 0.25) is 0 Å². The van der Waals surface area contributed by atoms with Gasteiger partial charge >= 0.3 is 5.63 Å². The molecule has 0 bridgehead atoms. The standard InChI is InChI=1S/C18H23NO4/c1-2-13-6-15-14(7-18(22)23-17(15)8-16(13)21)10-19-5-3-4-12(9-19)11-20/h6-8,12,20-21H,2-5,9-11H2,1H3/p+1/t12-/m0/s1. The Hall–Kier alpha value is -1.85. The zero-order valence-corrected chi connectivity index (χ0v) is 13.5. The first-order chi connectivity index (χ1) is 11.1. The topological polar surface area (TPSA) is 75.1 Å². The van der Waals surface area contributed by atoms with Crippen molar-refractivity contribution in [2.75, 3.05) is 19.7 Å². The van der Waals surface area contributed by atoms with Crippen LogP contribution < -0.4 is 10.5 Å². The highest BCUT2D eigenvalue weighted by Crippen LogP contribution is 2.26. The van der Waals surface area contributed by atoms with Crippen molar-refractivity contribution in [3.63, 3.8) is 0 Å². The molecule has 3 rings (SSSR count). The predicted molar refractivity (Wildman–Crippen MR) is 87.7 cm³/mol. The van der Waals surface area contributed by atoms with Gasteiger partial charge in [0.1, 0.15) is 17.9 Å². The van der Waals surface area contributed by atoms with E-state index in [1.807, 2.05) is 13.0 Å². The van der Waals surface area contributed by atoms with Gasteiger partial charge in [0.2, 0.25) is 0 Å². The average Bonchev–Trinajstić information content (AvgIpc) is 2.54. The number of hydrogen-bond donors (Lipinski definition) is 3. The Kier molecular flexibility index (Phi) is 4.68. The first kappa shape index (κ1) is 16.0. The predicted octanol–water partition coefficient (Wildman–Crippen LogP) is 0.848. The monoisotopic (exact) mass is 318 g/mol. The summed E-state index contributed by atoms with van der Waals surface area (Å²) in [6.45, 7) is 4.94. The molecule has 0 aliphatic carbocycles. The molecule has 2 heterocycles. The van der Waals surface area contributed by atoms with Gasteiger partial charge in [-0.3, -0.25) is 0 Å². The van der Waals surface area contributed by atoms with Gasteiger partial charge < -0.3 is 19.5 Å². The van der Waals surface area contributed by atoms with Crippen molar-refractivity contribution in [3.05, 3.63) is 39.7 Å². The van der Waals surface area contributed by atoms with Crippen molar-refractivity contribution in [2.45, 2.75) is 32.7 Å². The summed E-state index contributed by atoms with van der Waals surface area (Å²) >= 11 is 0. The molecule has 5 nitrogen and oxygen atoms in total. The van der Waals surface area contributed by atoms with Crippen LogP contribution in [0, 0.1) is 5.92 Å². The molecule has 124 valence electrons. The number of fused-ring (bicyclic) bond motifs is 1.